The minimum atomic E-state index is -0.894. The molecule has 0 unspecified atom stereocenters. The SMILES string of the molecule is C.CC.CC.CC(C)N.Cc1nc2ccccc2c(C(=O)NC(C)C)c1C.Cc1nc2ccccc2c(C(=O)O)c1C.II. The Kier molecular flexibility index (Phi) is 26.0. The van der Waals surface area contributed by atoms with Gasteiger partial charge in [0.15, 0.2) is 0 Å². The van der Waals surface area contributed by atoms with Crippen molar-refractivity contribution in [2.45, 2.75) is 103 Å². The summed E-state index contributed by atoms with van der Waals surface area (Å²) in [5.41, 5.74) is 11.2. The summed E-state index contributed by atoms with van der Waals surface area (Å²) in [6.07, 6.45) is 0. The van der Waals surface area contributed by atoms with E-state index in [1.165, 1.54) is 0 Å². The number of nitrogens with two attached hydrogens (primary N) is 1. The number of carbonyl (C=O) groups excluding carboxylic acids is 1. The first-order valence-electron chi connectivity index (χ1n) is 14.5. The van der Waals surface area contributed by atoms with E-state index in [1.54, 1.807) is 13.0 Å². The van der Waals surface area contributed by atoms with Crippen molar-refractivity contribution in [2.75, 3.05) is 0 Å². The largest absolute Gasteiger partial charge is 0.478 e. The number of aromatic nitrogens is 2. The van der Waals surface area contributed by atoms with Crippen LogP contribution < -0.4 is 11.1 Å². The monoisotopic (exact) mass is 832 g/mol. The van der Waals surface area contributed by atoms with Crippen LogP contribution in [0.3, 0.4) is 0 Å². The average Bonchev–Trinajstić information content (AvgIpc) is 2.97. The standard InChI is InChI=1S/C15H18N2O.C12H11NO2.C3H9N.2C2H6.CH4.I2/c1-9(2)16-15(18)14-10(3)11(4)17-13-8-6-5-7-12(13)14;1-7-8(2)13-10-6-4-3-5-9(10)11(7)12(14)15;1-3(2)4;2*1-2;;1-2/h5-9H,1-4H3,(H,16,18);3-6H,1-2H3,(H,14,15);3H,4H2,1-2H3;2*1-2H3;1H4;. The fourth-order valence-corrected chi connectivity index (χ4v) is 3.76. The zero-order valence-electron chi connectivity index (χ0n) is 27.8. The minimum absolute atomic E-state index is 0. The van der Waals surface area contributed by atoms with Crippen LogP contribution in [0.25, 0.3) is 21.8 Å². The Hall–Kier alpha value is -2.38. The van der Waals surface area contributed by atoms with Gasteiger partial charge in [0, 0.05) is 65.4 Å². The van der Waals surface area contributed by atoms with E-state index in [-0.39, 0.29) is 19.4 Å². The normalized spacial score (nSPS) is 9.30. The Labute approximate surface area is 289 Å². The Morgan fingerprint density at radius 1 is 0.727 bits per heavy atom. The number of hydrogen-bond acceptors (Lipinski definition) is 5. The van der Waals surface area contributed by atoms with Gasteiger partial charge >= 0.3 is 5.97 Å². The Bertz CT molecular complexity index is 1420. The molecule has 0 saturated heterocycles. The number of halogens is 2. The molecule has 0 saturated carbocycles. The van der Waals surface area contributed by atoms with Crippen LogP contribution in [0.1, 0.15) is 106 Å². The van der Waals surface area contributed by atoms with Gasteiger partial charge in [0.05, 0.1) is 22.2 Å². The van der Waals surface area contributed by atoms with Gasteiger partial charge in [-0.15, -0.1) is 0 Å². The number of benzene rings is 2. The van der Waals surface area contributed by atoms with Crippen molar-refractivity contribution in [1.29, 1.82) is 0 Å². The third-order valence-electron chi connectivity index (χ3n) is 5.62. The third kappa shape index (κ3) is 14.6. The molecule has 0 aliphatic carbocycles. The molecule has 0 radical (unpaired) electrons. The summed E-state index contributed by atoms with van der Waals surface area (Å²) in [5, 5.41) is 13.7. The predicted molar refractivity (Wildman–Crippen MR) is 209 cm³/mol. The van der Waals surface area contributed by atoms with Crippen molar-refractivity contribution in [2.24, 2.45) is 5.73 Å². The van der Waals surface area contributed by atoms with E-state index in [4.69, 9.17) is 10.8 Å². The maximum atomic E-state index is 12.3. The first-order valence-corrected chi connectivity index (χ1v) is 20.8. The molecule has 4 rings (SSSR count). The maximum Gasteiger partial charge on any atom is 0.336 e. The third-order valence-corrected chi connectivity index (χ3v) is 5.62. The smallest absolute Gasteiger partial charge is 0.336 e. The molecule has 0 atom stereocenters. The Morgan fingerprint density at radius 2 is 1.05 bits per heavy atom. The fraction of sp³-hybridized carbons (Fsp3) is 0.429. The number of pyridine rings is 2. The number of nitrogens with one attached hydrogen (secondary N) is 1. The van der Waals surface area contributed by atoms with Crippen LogP contribution in [0.2, 0.25) is 0 Å². The molecule has 4 N–H and O–H groups in total. The second kappa shape index (κ2) is 24.9. The van der Waals surface area contributed by atoms with E-state index < -0.39 is 5.97 Å². The van der Waals surface area contributed by atoms with Crippen LogP contribution in [0.15, 0.2) is 48.5 Å². The number of carboxylic acid groups (broad SMARTS) is 1. The highest BCUT2D eigenvalue weighted by Crippen LogP contribution is 2.23. The van der Waals surface area contributed by atoms with Gasteiger partial charge in [0.2, 0.25) is 0 Å². The highest BCUT2D eigenvalue weighted by Gasteiger charge is 2.17. The second-order valence-electron chi connectivity index (χ2n) is 9.61. The van der Waals surface area contributed by atoms with E-state index in [9.17, 15) is 9.59 Å². The summed E-state index contributed by atoms with van der Waals surface area (Å²) in [7, 11) is 0. The molecule has 1 amide bonds. The van der Waals surface area contributed by atoms with Gasteiger partial charge < -0.3 is 16.2 Å². The number of rotatable bonds is 3. The summed E-state index contributed by atoms with van der Waals surface area (Å²) >= 11 is 4.24. The lowest BCUT2D eigenvalue weighted by atomic mass is 10.0. The number of para-hydroxylation sites is 2. The fourth-order valence-electron chi connectivity index (χ4n) is 3.76. The molecule has 2 heterocycles. The van der Waals surface area contributed by atoms with E-state index >= 15 is 0 Å². The molecule has 2 aromatic carbocycles. The lowest BCUT2D eigenvalue weighted by molar-refractivity contribution is 0.0697. The summed E-state index contributed by atoms with van der Waals surface area (Å²) in [6, 6.07) is 15.5. The molecule has 0 aliphatic rings. The molecule has 2 aromatic heterocycles. The first-order chi connectivity index (χ1) is 20.3. The molecule has 246 valence electrons. The number of nitrogens with zero attached hydrogens (tertiary/aromatic N) is 2. The Balaban J connectivity index is -0.000000586. The number of fused-ring (bicyclic) bond motifs is 2. The van der Waals surface area contributed by atoms with Gasteiger partial charge in [-0.2, -0.15) is 0 Å². The van der Waals surface area contributed by atoms with Crippen LogP contribution in [0, 0.1) is 27.7 Å². The zero-order valence-corrected chi connectivity index (χ0v) is 32.1. The average molecular weight is 833 g/mol. The van der Waals surface area contributed by atoms with Crippen LogP contribution in [0.5, 0.6) is 0 Å². The summed E-state index contributed by atoms with van der Waals surface area (Å²) < 4.78 is 0. The predicted octanol–water partition coefficient (Wildman–Crippen LogP) is 10.4. The van der Waals surface area contributed by atoms with Crippen molar-refractivity contribution >= 4 is 70.9 Å². The summed E-state index contributed by atoms with van der Waals surface area (Å²) in [5.74, 6) is -0.918. The number of aryl methyl sites for hydroxylation is 2. The molecule has 0 aliphatic heterocycles. The molecular formula is C35H54I2N4O3. The van der Waals surface area contributed by atoms with E-state index in [1.807, 2.05) is 119 Å². The van der Waals surface area contributed by atoms with Crippen molar-refractivity contribution < 1.29 is 14.7 Å². The lowest BCUT2D eigenvalue weighted by Crippen LogP contribution is -2.31. The van der Waals surface area contributed by atoms with Gasteiger partial charge in [-0.1, -0.05) is 85.4 Å². The number of aromatic carboxylic acids is 1. The molecule has 0 spiro atoms. The van der Waals surface area contributed by atoms with Gasteiger partial charge in [0.1, 0.15) is 0 Å². The zero-order chi connectivity index (χ0) is 33.9. The maximum absolute atomic E-state index is 12.3. The van der Waals surface area contributed by atoms with E-state index in [2.05, 4.69) is 52.5 Å². The van der Waals surface area contributed by atoms with E-state index in [0.717, 1.165) is 44.5 Å². The van der Waals surface area contributed by atoms with Gasteiger partial charge in [-0.3, -0.25) is 14.8 Å². The molecule has 0 bridgehead atoms. The molecule has 9 heteroatoms. The molecule has 4 aromatic rings. The summed E-state index contributed by atoms with van der Waals surface area (Å²) in [6.45, 7) is 23.3. The molecule has 7 nitrogen and oxygen atoms in total. The number of amides is 1. The highest BCUT2D eigenvalue weighted by molar-refractivity contribution is 15.0. The molecule has 44 heavy (non-hydrogen) atoms. The minimum Gasteiger partial charge on any atom is -0.478 e. The van der Waals surface area contributed by atoms with Gasteiger partial charge in [0.25, 0.3) is 5.91 Å². The van der Waals surface area contributed by atoms with Crippen molar-refractivity contribution in [1.82, 2.24) is 15.3 Å². The Morgan fingerprint density at radius 3 is 1.39 bits per heavy atom. The van der Waals surface area contributed by atoms with Crippen molar-refractivity contribution in [3.8, 4) is 0 Å². The number of carbonyl (C=O) groups is 2. The number of carboxylic acids is 1. The molecular weight excluding hydrogens is 778 g/mol. The highest BCUT2D eigenvalue weighted by atomic mass is 128. The summed E-state index contributed by atoms with van der Waals surface area (Å²) in [4.78, 5) is 32.3. The van der Waals surface area contributed by atoms with Crippen LogP contribution in [-0.4, -0.2) is 39.0 Å². The lowest BCUT2D eigenvalue weighted by Gasteiger charge is -2.14. The second-order valence-corrected chi connectivity index (χ2v) is 9.61. The van der Waals surface area contributed by atoms with Crippen molar-refractivity contribution in [3.05, 3.63) is 82.2 Å². The van der Waals surface area contributed by atoms with Crippen LogP contribution in [0.4, 0.5) is 0 Å². The van der Waals surface area contributed by atoms with E-state index in [0.29, 0.717) is 17.0 Å². The first kappa shape index (κ1) is 46.0. The number of hydrogen-bond donors (Lipinski definition) is 3. The quantitative estimate of drug-likeness (QED) is 0.177. The van der Waals surface area contributed by atoms with Gasteiger partial charge in [-0.05, 0) is 70.8 Å². The molecule has 0 fully saturated rings. The van der Waals surface area contributed by atoms with Crippen molar-refractivity contribution in [3.63, 3.8) is 0 Å². The van der Waals surface area contributed by atoms with Crippen LogP contribution >= 0.6 is 37.2 Å². The van der Waals surface area contributed by atoms with Gasteiger partial charge in [-0.25, -0.2) is 4.79 Å². The topological polar surface area (TPSA) is 118 Å². The van der Waals surface area contributed by atoms with Crippen LogP contribution in [-0.2, 0) is 0 Å².